The van der Waals surface area contributed by atoms with Gasteiger partial charge >= 0.3 is 5.97 Å². The molecule has 1 aromatic heterocycles. The van der Waals surface area contributed by atoms with Gasteiger partial charge in [0.05, 0.1) is 12.8 Å². The summed E-state index contributed by atoms with van der Waals surface area (Å²) in [6.07, 6.45) is 3.02. The lowest BCUT2D eigenvalue weighted by molar-refractivity contribution is 0.0492. The smallest absolute Gasteiger partial charge is 0.360 e. The highest BCUT2D eigenvalue weighted by atomic mass is 35.5. The molecule has 0 amide bonds. The van der Waals surface area contributed by atoms with Crippen molar-refractivity contribution in [3.05, 3.63) is 22.2 Å². The SMILES string of the molecule is CCCCOC(=O)c1ncc(Cl)nc1Cl. The molecule has 4 nitrogen and oxygen atoms in total. The van der Waals surface area contributed by atoms with Crippen molar-refractivity contribution in [2.24, 2.45) is 0 Å². The standard InChI is InChI=1S/C9H10Cl2N2O2/c1-2-3-4-15-9(14)7-8(11)13-6(10)5-12-7/h5H,2-4H2,1H3. The van der Waals surface area contributed by atoms with Crippen LogP contribution < -0.4 is 0 Å². The minimum atomic E-state index is -0.572. The van der Waals surface area contributed by atoms with Crippen molar-refractivity contribution in [1.82, 2.24) is 9.97 Å². The number of rotatable bonds is 4. The molecule has 1 heterocycles. The number of nitrogens with zero attached hydrogens (tertiary/aromatic N) is 2. The zero-order valence-corrected chi connectivity index (χ0v) is 9.68. The topological polar surface area (TPSA) is 52.1 Å². The molecule has 0 spiro atoms. The maximum Gasteiger partial charge on any atom is 0.360 e. The van der Waals surface area contributed by atoms with Gasteiger partial charge in [-0.15, -0.1) is 0 Å². The molecule has 0 atom stereocenters. The highest BCUT2D eigenvalue weighted by Gasteiger charge is 2.14. The van der Waals surface area contributed by atoms with Crippen molar-refractivity contribution >= 4 is 29.2 Å². The third-order valence-corrected chi connectivity index (χ3v) is 2.07. The zero-order valence-electron chi connectivity index (χ0n) is 8.17. The van der Waals surface area contributed by atoms with Crippen LogP contribution in [-0.4, -0.2) is 22.5 Å². The third-order valence-electron chi connectivity index (χ3n) is 1.62. The molecule has 0 aliphatic rings. The Hall–Kier alpha value is -0.870. The van der Waals surface area contributed by atoms with Gasteiger partial charge in [0.1, 0.15) is 5.15 Å². The molecule has 0 aromatic carbocycles. The minimum Gasteiger partial charge on any atom is -0.461 e. The van der Waals surface area contributed by atoms with Gasteiger partial charge in [-0.05, 0) is 6.42 Å². The van der Waals surface area contributed by atoms with Gasteiger partial charge in [-0.3, -0.25) is 0 Å². The summed E-state index contributed by atoms with van der Waals surface area (Å²) in [5.74, 6) is -0.572. The van der Waals surface area contributed by atoms with Crippen molar-refractivity contribution in [3.8, 4) is 0 Å². The summed E-state index contributed by atoms with van der Waals surface area (Å²) in [6.45, 7) is 2.36. The first-order valence-electron chi connectivity index (χ1n) is 4.50. The minimum absolute atomic E-state index is 0.00262. The largest absolute Gasteiger partial charge is 0.461 e. The predicted octanol–water partition coefficient (Wildman–Crippen LogP) is 2.74. The van der Waals surface area contributed by atoms with Crippen LogP contribution in [0.3, 0.4) is 0 Å². The highest BCUT2D eigenvalue weighted by molar-refractivity contribution is 6.34. The Kier molecular flexibility index (Phi) is 4.78. The lowest BCUT2D eigenvalue weighted by Crippen LogP contribution is -2.09. The van der Waals surface area contributed by atoms with Crippen LogP contribution in [0.15, 0.2) is 6.20 Å². The fourth-order valence-electron chi connectivity index (χ4n) is 0.861. The summed E-state index contributed by atoms with van der Waals surface area (Å²) in [6, 6.07) is 0. The van der Waals surface area contributed by atoms with Crippen LogP contribution in [0.4, 0.5) is 0 Å². The van der Waals surface area contributed by atoms with Gasteiger partial charge in [0, 0.05) is 0 Å². The average molecular weight is 249 g/mol. The van der Waals surface area contributed by atoms with Gasteiger partial charge < -0.3 is 4.74 Å². The molecule has 1 aromatic rings. The summed E-state index contributed by atoms with van der Waals surface area (Å²) in [5.41, 5.74) is -0.00262. The summed E-state index contributed by atoms with van der Waals surface area (Å²) < 4.78 is 4.92. The van der Waals surface area contributed by atoms with E-state index >= 15 is 0 Å². The molecule has 0 aliphatic heterocycles. The Balaban J connectivity index is 2.65. The second kappa shape index (κ2) is 5.88. The fourth-order valence-corrected chi connectivity index (χ4v) is 1.25. The number of carbonyl (C=O) groups is 1. The van der Waals surface area contributed by atoms with Crippen LogP contribution in [0, 0.1) is 0 Å². The molecule has 0 saturated heterocycles. The Morgan fingerprint density at radius 1 is 1.53 bits per heavy atom. The molecule has 1 rings (SSSR count). The number of unbranched alkanes of at least 4 members (excludes halogenated alkanes) is 1. The van der Waals surface area contributed by atoms with E-state index in [9.17, 15) is 4.79 Å². The average Bonchev–Trinajstić information content (AvgIpc) is 2.17. The van der Waals surface area contributed by atoms with Crippen LogP contribution in [0.25, 0.3) is 0 Å². The van der Waals surface area contributed by atoms with Gasteiger partial charge in [0.2, 0.25) is 0 Å². The van der Waals surface area contributed by atoms with E-state index in [-0.39, 0.29) is 16.0 Å². The number of aromatic nitrogens is 2. The van der Waals surface area contributed by atoms with E-state index < -0.39 is 5.97 Å². The molecule has 15 heavy (non-hydrogen) atoms. The molecule has 0 unspecified atom stereocenters. The van der Waals surface area contributed by atoms with Crippen LogP contribution in [0.5, 0.6) is 0 Å². The number of hydrogen-bond acceptors (Lipinski definition) is 4. The summed E-state index contributed by atoms with van der Waals surface area (Å²) in [5, 5.41) is 0.106. The Morgan fingerprint density at radius 2 is 2.27 bits per heavy atom. The van der Waals surface area contributed by atoms with E-state index in [0.717, 1.165) is 12.8 Å². The van der Waals surface area contributed by atoms with Crippen molar-refractivity contribution in [2.45, 2.75) is 19.8 Å². The molecular weight excluding hydrogens is 239 g/mol. The second-order valence-corrected chi connectivity index (χ2v) is 3.57. The Morgan fingerprint density at radius 3 is 2.87 bits per heavy atom. The number of esters is 1. The van der Waals surface area contributed by atoms with Crippen molar-refractivity contribution in [1.29, 1.82) is 0 Å². The fraction of sp³-hybridized carbons (Fsp3) is 0.444. The quantitative estimate of drug-likeness (QED) is 0.608. The summed E-state index contributed by atoms with van der Waals surface area (Å²) in [7, 11) is 0. The van der Waals surface area contributed by atoms with Gasteiger partial charge in [-0.2, -0.15) is 0 Å². The predicted molar refractivity (Wildman–Crippen MR) is 57.2 cm³/mol. The first-order valence-corrected chi connectivity index (χ1v) is 5.26. The lowest BCUT2D eigenvalue weighted by Gasteiger charge is -2.03. The van der Waals surface area contributed by atoms with E-state index in [0.29, 0.717) is 6.61 Å². The molecule has 6 heteroatoms. The Labute approximate surface area is 97.6 Å². The molecule has 82 valence electrons. The molecular formula is C9H10Cl2N2O2. The van der Waals surface area contributed by atoms with Crippen molar-refractivity contribution < 1.29 is 9.53 Å². The van der Waals surface area contributed by atoms with Crippen LogP contribution in [0.1, 0.15) is 30.3 Å². The molecule has 0 saturated carbocycles. The van der Waals surface area contributed by atoms with E-state index in [1.165, 1.54) is 6.20 Å². The van der Waals surface area contributed by atoms with Gasteiger partial charge in [-0.1, -0.05) is 36.5 Å². The number of carbonyl (C=O) groups excluding carboxylic acids is 1. The third kappa shape index (κ3) is 3.64. The van der Waals surface area contributed by atoms with Crippen LogP contribution >= 0.6 is 23.2 Å². The first-order chi connectivity index (χ1) is 7.15. The maximum atomic E-state index is 11.4. The van der Waals surface area contributed by atoms with E-state index in [2.05, 4.69) is 9.97 Å². The summed E-state index contributed by atoms with van der Waals surface area (Å²) in [4.78, 5) is 18.8. The van der Waals surface area contributed by atoms with Crippen molar-refractivity contribution in [3.63, 3.8) is 0 Å². The Bertz CT molecular complexity index is 358. The van der Waals surface area contributed by atoms with E-state index in [1.54, 1.807) is 0 Å². The lowest BCUT2D eigenvalue weighted by atomic mass is 10.4. The van der Waals surface area contributed by atoms with Gasteiger partial charge in [0.15, 0.2) is 10.8 Å². The normalized spacial score (nSPS) is 10.1. The zero-order chi connectivity index (χ0) is 11.3. The number of ether oxygens (including phenoxy) is 1. The summed E-state index contributed by atoms with van der Waals surface area (Å²) >= 11 is 11.2. The van der Waals surface area contributed by atoms with Gasteiger partial charge in [-0.25, -0.2) is 14.8 Å². The highest BCUT2D eigenvalue weighted by Crippen LogP contribution is 2.14. The second-order valence-electron chi connectivity index (χ2n) is 2.82. The van der Waals surface area contributed by atoms with E-state index in [1.807, 2.05) is 6.92 Å². The molecule has 0 bridgehead atoms. The number of halogens is 2. The molecule has 0 radical (unpaired) electrons. The first kappa shape index (κ1) is 12.2. The maximum absolute atomic E-state index is 11.4. The van der Waals surface area contributed by atoms with E-state index in [4.69, 9.17) is 27.9 Å². The van der Waals surface area contributed by atoms with Crippen LogP contribution in [-0.2, 0) is 4.74 Å². The molecule has 0 fully saturated rings. The number of hydrogen-bond donors (Lipinski definition) is 0. The van der Waals surface area contributed by atoms with Crippen LogP contribution in [0.2, 0.25) is 10.3 Å². The molecule has 0 N–H and O–H groups in total. The van der Waals surface area contributed by atoms with Crippen molar-refractivity contribution in [2.75, 3.05) is 6.61 Å². The molecule has 0 aliphatic carbocycles. The van der Waals surface area contributed by atoms with Gasteiger partial charge in [0.25, 0.3) is 0 Å². The monoisotopic (exact) mass is 248 g/mol.